The largest absolute Gasteiger partial charge is 1.00 e. The van der Waals surface area contributed by atoms with E-state index in [0.29, 0.717) is 12.8 Å². The summed E-state index contributed by atoms with van der Waals surface area (Å²) in [6.07, 6.45) is 1.46. The van der Waals surface area contributed by atoms with Crippen LogP contribution in [0.2, 0.25) is 0 Å². The van der Waals surface area contributed by atoms with Crippen LogP contribution in [-0.4, -0.2) is 30.5 Å². The van der Waals surface area contributed by atoms with Crippen LogP contribution in [0.1, 0.15) is 34.0 Å². The maximum absolute atomic E-state index is 10.6. The van der Waals surface area contributed by atoms with Gasteiger partial charge in [0.2, 0.25) is 4.58 Å². The molecular formula is C6H15NaO6S2. The van der Waals surface area contributed by atoms with E-state index in [9.17, 15) is 16.8 Å². The number of hydrogen-bond acceptors (Lipinski definition) is 4. The van der Waals surface area contributed by atoms with E-state index >= 15 is 0 Å². The molecule has 0 unspecified atom stereocenters. The Kier molecular flexibility index (Phi) is 8.74. The van der Waals surface area contributed by atoms with E-state index in [1.54, 1.807) is 0 Å². The van der Waals surface area contributed by atoms with Crippen LogP contribution in [0.25, 0.3) is 0 Å². The van der Waals surface area contributed by atoms with Gasteiger partial charge in [-0.3, -0.25) is 9.11 Å². The first-order chi connectivity index (χ1) is 6.19. The van der Waals surface area contributed by atoms with Gasteiger partial charge < -0.3 is 1.43 Å². The third-order valence-electron chi connectivity index (χ3n) is 1.71. The molecule has 0 aromatic heterocycles. The van der Waals surface area contributed by atoms with Gasteiger partial charge in [0, 0.05) is 0 Å². The van der Waals surface area contributed by atoms with E-state index in [-0.39, 0.29) is 37.4 Å². The molecule has 0 saturated heterocycles. The van der Waals surface area contributed by atoms with Crippen LogP contribution in [0.3, 0.4) is 0 Å². The fourth-order valence-electron chi connectivity index (χ4n) is 1.01. The Hall–Kier alpha value is 0.820. The van der Waals surface area contributed by atoms with E-state index in [1.165, 1.54) is 0 Å². The topological polar surface area (TPSA) is 109 Å². The zero-order valence-electron chi connectivity index (χ0n) is 9.75. The first-order valence-electron chi connectivity index (χ1n) is 4.12. The second kappa shape index (κ2) is 7.21. The van der Waals surface area contributed by atoms with Crippen LogP contribution < -0.4 is 29.6 Å². The molecule has 0 radical (unpaired) electrons. The molecule has 0 bridgehead atoms. The van der Waals surface area contributed by atoms with Crippen LogP contribution >= 0.6 is 0 Å². The SMILES string of the molecule is CCCCCC(S(=O)(=O)O)S(=O)(=O)O.[H-].[Na+]. The quantitative estimate of drug-likeness (QED) is 0.322. The molecule has 0 heterocycles. The molecule has 0 fully saturated rings. The van der Waals surface area contributed by atoms with Gasteiger partial charge in [0.05, 0.1) is 0 Å². The molecule has 0 aliphatic rings. The van der Waals surface area contributed by atoms with Gasteiger partial charge in [-0.2, -0.15) is 16.8 Å². The van der Waals surface area contributed by atoms with E-state index in [4.69, 9.17) is 9.11 Å². The van der Waals surface area contributed by atoms with Crippen molar-refractivity contribution >= 4 is 20.2 Å². The van der Waals surface area contributed by atoms with Gasteiger partial charge in [-0.15, -0.1) is 0 Å². The van der Waals surface area contributed by atoms with Crippen molar-refractivity contribution in [3.05, 3.63) is 0 Å². The molecule has 0 rings (SSSR count). The summed E-state index contributed by atoms with van der Waals surface area (Å²) >= 11 is 0. The minimum Gasteiger partial charge on any atom is -1.00 e. The first kappa shape index (κ1) is 18.2. The first-order valence-corrected chi connectivity index (χ1v) is 7.13. The molecule has 88 valence electrons. The summed E-state index contributed by atoms with van der Waals surface area (Å²) in [6.45, 7) is 1.86. The van der Waals surface area contributed by atoms with Crippen LogP contribution in [0.15, 0.2) is 0 Å². The fourth-order valence-corrected chi connectivity index (χ4v) is 3.17. The molecular weight excluding hydrogens is 255 g/mol. The summed E-state index contributed by atoms with van der Waals surface area (Å²) in [5.41, 5.74) is 0. The van der Waals surface area contributed by atoms with Crippen molar-refractivity contribution in [2.75, 3.05) is 0 Å². The summed E-state index contributed by atoms with van der Waals surface area (Å²) in [7, 11) is -9.48. The van der Waals surface area contributed by atoms with Crippen LogP contribution in [-0.2, 0) is 20.2 Å². The van der Waals surface area contributed by atoms with Gasteiger partial charge in [0.1, 0.15) is 0 Å². The maximum atomic E-state index is 10.6. The summed E-state index contributed by atoms with van der Waals surface area (Å²) in [5, 5.41) is 0. The van der Waals surface area contributed by atoms with Gasteiger partial charge in [0.25, 0.3) is 20.2 Å². The summed E-state index contributed by atoms with van der Waals surface area (Å²) < 4.78 is 57.3. The molecule has 0 saturated carbocycles. The molecule has 0 aromatic rings. The minimum atomic E-state index is -4.74. The van der Waals surface area contributed by atoms with Crippen molar-refractivity contribution in [2.45, 2.75) is 37.2 Å². The van der Waals surface area contributed by atoms with E-state index in [0.717, 1.165) is 6.42 Å². The van der Waals surface area contributed by atoms with Gasteiger partial charge in [-0.1, -0.05) is 26.2 Å². The molecule has 0 atom stereocenters. The summed E-state index contributed by atoms with van der Waals surface area (Å²) in [5.74, 6) is 0. The van der Waals surface area contributed by atoms with Crippen molar-refractivity contribution < 1.29 is 56.9 Å². The summed E-state index contributed by atoms with van der Waals surface area (Å²) in [4.78, 5) is 0. The average molecular weight is 270 g/mol. The van der Waals surface area contributed by atoms with Gasteiger partial charge >= 0.3 is 29.6 Å². The Labute approximate surface area is 114 Å². The second-order valence-corrected chi connectivity index (χ2v) is 6.45. The monoisotopic (exact) mass is 270 g/mol. The predicted molar refractivity (Wildman–Crippen MR) is 52.1 cm³/mol. The van der Waals surface area contributed by atoms with Crippen LogP contribution in [0.5, 0.6) is 0 Å². The molecule has 0 aliphatic heterocycles. The molecule has 9 heteroatoms. The van der Waals surface area contributed by atoms with E-state index in [2.05, 4.69) is 0 Å². The van der Waals surface area contributed by atoms with Crippen molar-refractivity contribution in [1.29, 1.82) is 0 Å². The minimum absolute atomic E-state index is 0. The Morgan fingerprint density at radius 3 is 1.73 bits per heavy atom. The third-order valence-corrected chi connectivity index (χ3v) is 4.97. The molecule has 15 heavy (non-hydrogen) atoms. The van der Waals surface area contributed by atoms with Crippen molar-refractivity contribution in [2.24, 2.45) is 0 Å². The van der Waals surface area contributed by atoms with Gasteiger partial charge in [-0.25, -0.2) is 0 Å². The maximum Gasteiger partial charge on any atom is 1.00 e. The zero-order chi connectivity index (χ0) is 11.4. The summed E-state index contributed by atoms with van der Waals surface area (Å²) in [6, 6.07) is 0. The standard InChI is InChI=1S/C6H14O6S2.Na.H/c1-2-3-4-5-6(13(7,8)9)14(10,11)12;;/h6H,2-5H2,1H3,(H,7,8,9)(H,10,11,12);;/q;+1;-1. The number of unbranched alkanes of at least 4 members (excludes halogenated alkanes) is 2. The molecule has 2 N–H and O–H groups in total. The molecule has 0 aromatic carbocycles. The Bertz CT molecular complexity index is 332. The van der Waals surface area contributed by atoms with Gasteiger partial charge in [-0.05, 0) is 6.42 Å². The third kappa shape index (κ3) is 7.67. The molecule has 0 spiro atoms. The second-order valence-electron chi connectivity index (χ2n) is 2.96. The molecule has 0 aliphatic carbocycles. The van der Waals surface area contributed by atoms with E-state index < -0.39 is 24.8 Å². The van der Waals surface area contributed by atoms with Crippen molar-refractivity contribution in [1.82, 2.24) is 0 Å². The van der Waals surface area contributed by atoms with Crippen molar-refractivity contribution in [3.8, 4) is 0 Å². The Balaban J connectivity index is -0.000000845. The smallest absolute Gasteiger partial charge is 1.00 e. The van der Waals surface area contributed by atoms with Crippen LogP contribution in [0.4, 0.5) is 0 Å². The number of hydrogen-bond donors (Lipinski definition) is 2. The van der Waals surface area contributed by atoms with Gasteiger partial charge in [0.15, 0.2) is 0 Å². The van der Waals surface area contributed by atoms with Crippen molar-refractivity contribution in [3.63, 3.8) is 0 Å². The predicted octanol–water partition coefficient (Wildman–Crippen LogP) is -2.22. The van der Waals surface area contributed by atoms with Crippen LogP contribution in [0, 0.1) is 0 Å². The Morgan fingerprint density at radius 1 is 1.07 bits per heavy atom. The molecule has 6 nitrogen and oxygen atoms in total. The normalized spacial score (nSPS) is 12.5. The number of rotatable bonds is 6. The zero-order valence-corrected chi connectivity index (χ0v) is 12.4. The average Bonchev–Trinajstić information content (AvgIpc) is 1.92. The molecule has 0 amide bonds. The van der Waals surface area contributed by atoms with E-state index in [1.807, 2.05) is 6.92 Å². The Morgan fingerprint density at radius 2 is 1.47 bits per heavy atom. The fraction of sp³-hybridized carbons (Fsp3) is 1.00.